The predicted molar refractivity (Wildman–Crippen MR) is 235 cm³/mol. The topological polar surface area (TPSA) is 55.4 Å². The van der Waals surface area contributed by atoms with Gasteiger partial charge in [-0.2, -0.15) is 23.5 Å². The molecule has 0 saturated carbocycles. The van der Waals surface area contributed by atoms with Crippen molar-refractivity contribution in [3.63, 3.8) is 0 Å². The summed E-state index contributed by atoms with van der Waals surface area (Å²) in [7, 11) is 5.28. The standard InChI is InChI=1S/2C15H26O3SSi.C8H20N.C3H8/c2*1-14(15-9-6-5-7-10-15)13-19-11-8-12-20(16-2,17-3)18-4;1-5-9(6-2,7-3)8-4;1-3-2/h2*5-7,9-10,14H,8,11-13H2,1-4H3;5-8H2,1-4H3;3H2,1-2H3/q;;+1;. The lowest BCUT2D eigenvalue weighted by Gasteiger charge is -2.34. The fourth-order valence-corrected chi connectivity index (χ4v) is 11.6. The van der Waals surface area contributed by atoms with Gasteiger partial charge in [0.05, 0.1) is 26.2 Å². The molecular weight excluding hydrogens is 723 g/mol. The highest BCUT2D eigenvalue weighted by molar-refractivity contribution is 7.99. The molecule has 52 heavy (non-hydrogen) atoms. The lowest BCUT2D eigenvalue weighted by atomic mass is 10.0. The highest BCUT2D eigenvalue weighted by atomic mass is 32.2. The number of nitrogens with zero attached hydrogens (tertiary/aromatic N) is 1. The molecule has 0 N–H and O–H groups in total. The maximum Gasteiger partial charge on any atom is 0.500 e. The summed E-state index contributed by atoms with van der Waals surface area (Å²) in [5.74, 6) is 5.70. The number of rotatable bonds is 24. The monoisotopic (exact) mass is 802 g/mol. The Hall–Kier alpha value is -0.706. The van der Waals surface area contributed by atoms with Crippen molar-refractivity contribution in [3.8, 4) is 0 Å². The lowest BCUT2D eigenvalue weighted by molar-refractivity contribution is -0.921. The highest BCUT2D eigenvalue weighted by Crippen LogP contribution is 2.24. The molecule has 2 aromatic rings. The Labute approximate surface area is 332 Å². The van der Waals surface area contributed by atoms with Crippen LogP contribution in [0.5, 0.6) is 0 Å². The Morgan fingerprint density at radius 1 is 0.500 bits per heavy atom. The molecule has 11 heteroatoms. The molecular formula is C41H80NO6S2Si2+. The maximum absolute atomic E-state index is 5.42. The van der Waals surface area contributed by atoms with Crippen LogP contribution in [0.25, 0.3) is 0 Å². The van der Waals surface area contributed by atoms with Gasteiger partial charge in [-0.05, 0) is 86.5 Å². The third kappa shape index (κ3) is 22.6. The average Bonchev–Trinajstić information content (AvgIpc) is 3.20. The van der Waals surface area contributed by atoms with Crippen LogP contribution in [0.3, 0.4) is 0 Å². The minimum absolute atomic E-state index is 0.593. The molecule has 0 saturated heterocycles. The van der Waals surface area contributed by atoms with Crippen molar-refractivity contribution < 1.29 is 31.0 Å². The van der Waals surface area contributed by atoms with E-state index in [2.05, 4.69) is 116 Å². The van der Waals surface area contributed by atoms with Crippen LogP contribution in [0.1, 0.15) is 97.6 Å². The molecule has 0 aromatic heterocycles. The van der Waals surface area contributed by atoms with Crippen molar-refractivity contribution in [1.29, 1.82) is 0 Å². The van der Waals surface area contributed by atoms with Gasteiger partial charge >= 0.3 is 17.6 Å². The molecule has 0 bridgehead atoms. The van der Waals surface area contributed by atoms with Gasteiger partial charge in [0.1, 0.15) is 0 Å². The normalized spacial score (nSPS) is 12.7. The van der Waals surface area contributed by atoms with E-state index in [1.807, 2.05) is 23.5 Å². The summed E-state index contributed by atoms with van der Waals surface area (Å²) in [5, 5.41) is 0. The Bertz CT molecular complexity index is 927. The molecule has 2 rings (SSSR count). The van der Waals surface area contributed by atoms with Crippen LogP contribution in [-0.4, -0.2) is 114 Å². The minimum Gasteiger partial charge on any atom is -0.377 e. The summed E-state index contributed by atoms with van der Waals surface area (Å²) in [6.07, 6.45) is 3.38. The van der Waals surface area contributed by atoms with Crippen LogP contribution < -0.4 is 0 Å². The molecule has 0 radical (unpaired) electrons. The van der Waals surface area contributed by atoms with Gasteiger partial charge < -0.3 is 31.0 Å². The fourth-order valence-electron chi connectivity index (χ4n) is 5.51. The van der Waals surface area contributed by atoms with E-state index in [4.69, 9.17) is 26.6 Å². The zero-order chi connectivity index (χ0) is 39.7. The van der Waals surface area contributed by atoms with Crippen LogP contribution in [-0.2, 0) is 26.6 Å². The van der Waals surface area contributed by atoms with E-state index >= 15 is 0 Å². The first-order chi connectivity index (χ1) is 25.0. The van der Waals surface area contributed by atoms with Crippen molar-refractivity contribution in [1.82, 2.24) is 0 Å². The van der Waals surface area contributed by atoms with E-state index in [1.165, 1.54) is 48.2 Å². The fraction of sp³-hybridized carbons (Fsp3) is 0.707. The Morgan fingerprint density at radius 3 is 0.981 bits per heavy atom. The first-order valence-corrected chi connectivity index (χ1v) is 25.6. The van der Waals surface area contributed by atoms with Crippen LogP contribution in [0.15, 0.2) is 60.7 Å². The molecule has 0 fully saturated rings. The molecule has 2 aromatic carbocycles. The Balaban J connectivity index is 0. The molecule has 0 heterocycles. The number of hydrogen-bond acceptors (Lipinski definition) is 8. The second-order valence-corrected chi connectivity index (χ2v) is 21.4. The molecule has 0 spiro atoms. The molecule has 0 aliphatic heterocycles. The summed E-state index contributed by atoms with van der Waals surface area (Å²) in [4.78, 5) is 0. The Kier molecular flexibility index (Phi) is 34.5. The number of hydrogen-bond donors (Lipinski definition) is 0. The second-order valence-electron chi connectivity index (χ2n) is 12.9. The molecule has 2 unspecified atom stereocenters. The van der Waals surface area contributed by atoms with E-state index in [0.717, 1.165) is 47.9 Å². The molecule has 2 atom stereocenters. The molecule has 0 aliphatic carbocycles. The number of quaternary nitrogens is 1. The summed E-state index contributed by atoms with van der Waals surface area (Å²) >= 11 is 3.97. The van der Waals surface area contributed by atoms with Gasteiger partial charge in [0.15, 0.2) is 0 Å². The van der Waals surface area contributed by atoms with Crippen molar-refractivity contribution in [2.24, 2.45) is 0 Å². The van der Waals surface area contributed by atoms with Gasteiger partial charge in [0.2, 0.25) is 0 Å². The average molecular weight is 803 g/mol. The minimum atomic E-state index is -2.37. The smallest absolute Gasteiger partial charge is 0.377 e. The van der Waals surface area contributed by atoms with Crippen LogP contribution in [0.2, 0.25) is 12.1 Å². The van der Waals surface area contributed by atoms with E-state index < -0.39 is 17.6 Å². The van der Waals surface area contributed by atoms with Crippen molar-refractivity contribution in [2.75, 3.05) is 91.8 Å². The van der Waals surface area contributed by atoms with Crippen molar-refractivity contribution in [2.45, 2.75) is 98.6 Å². The van der Waals surface area contributed by atoms with Gasteiger partial charge in [0.25, 0.3) is 0 Å². The largest absolute Gasteiger partial charge is 0.500 e. The molecule has 0 amide bonds. The molecule has 7 nitrogen and oxygen atoms in total. The zero-order valence-corrected chi connectivity index (χ0v) is 39.5. The van der Waals surface area contributed by atoms with Gasteiger partial charge in [-0.15, -0.1) is 0 Å². The zero-order valence-electron chi connectivity index (χ0n) is 35.8. The van der Waals surface area contributed by atoms with E-state index in [0.29, 0.717) is 11.8 Å². The van der Waals surface area contributed by atoms with Gasteiger partial charge in [-0.3, -0.25) is 0 Å². The number of thioether (sulfide) groups is 2. The number of benzene rings is 2. The summed E-state index contributed by atoms with van der Waals surface area (Å²) in [6.45, 7) is 23.0. The van der Waals surface area contributed by atoms with Gasteiger partial charge in [-0.25, -0.2) is 0 Å². The third-order valence-corrected chi connectivity index (χ3v) is 17.9. The summed E-state index contributed by atoms with van der Waals surface area (Å²) in [5.41, 5.74) is 2.82. The maximum atomic E-state index is 5.42. The Morgan fingerprint density at radius 2 is 0.769 bits per heavy atom. The lowest BCUT2D eigenvalue weighted by Crippen LogP contribution is -2.47. The molecule has 0 aliphatic rings. The quantitative estimate of drug-likeness (QED) is 0.0591. The van der Waals surface area contributed by atoms with Crippen LogP contribution in [0, 0.1) is 0 Å². The van der Waals surface area contributed by atoms with Gasteiger partial charge in [0, 0.05) is 54.7 Å². The first kappa shape index (κ1) is 53.4. The van der Waals surface area contributed by atoms with E-state index in [-0.39, 0.29) is 0 Å². The first-order valence-electron chi connectivity index (χ1n) is 19.4. The second kappa shape index (κ2) is 33.6. The van der Waals surface area contributed by atoms with E-state index in [9.17, 15) is 0 Å². The predicted octanol–water partition coefficient (Wildman–Crippen LogP) is 10.9. The third-order valence-electron chi connectivity index (χ3n) is 9.57. The van der Waals surface area contributed by atoms with E-state index in [1.54, 1.807) is 42.7 Å². The molecule has 304 valence electrons. The summed E-state index contributed by atoms with van der Waals surface area (Å²) in [6, 6.07) is 23.1. The van der Waals surface area contributed by atoms with Crippen molar-refractivity contribution >= 4 is 41.1 Å². The van der Waals surface area contributed by atoms with Crippen LogP contribution >= 0.6 is 23.5 Å². The highest BCUT2D eigenvalue weighted by Gasteiger charge is 2.37. The SMILES string of the molecule is CCC.CC[N+](CC)(CC)CC.CO[Si](CCCSCC(C)c1ccccc1)(OC)OC.CO[Si](CCCSCC(C)c1ccccc1)(OC)OC. The summed E-state index contributed by atoms with van der Waals surface area (Å²) < 4.78 is 33.8. The van der Waals surface area contributed by atoms with Crippen molar-refractivity contribution in [3.05, 3.63) is 71.8 Å². The van der Waals surface area contributed by atoms with Crippen LogP contribution in [0.4, 0.5) is 0 Å². The van der Waals surface area contributed by atoms with Gasteiger partial charge in [-0.1, -0.05) is 94.8 Å².